The van der Waals surface area contributed by atoms with Gasteiger partial charge in [-0.15, -0.1) is 0 Å². The van der Waals surface area contributed by atoms with Crippen LogP contribution in [-0.2, 0) is 26.1 Å². The first-order valence-corrected chi connectivity index (χ1v) is 8.74. The molecular weight excluding hydrogens is 310 g/mol. The lowest BCUT2D eigenvalue weighted by Crippen LogP contribution is -2.45. The topological polar surface area (TPSA) is 92.9 Å². The van der Waals surface area contributed by atoms with Crippen molar-refractivity contribution in [1.82, 2.24) is 14.4 Å². The number of carbonyl (C=O) groups excluding carboxylic acids is 1. The van der Waals surface area contributed by atoms with Crippen LogP contribution in [0.5, 0.6) is 0 Å². The van der Waals surface area contributed by atoms with Crippen molar-refractivity contribution in [3.63, 3.8) is 0 Å². The Morgan fingerprint density at radius 1 is 1.59 bits per heavy atom. The summed E-state index contributed by atoms with van der Waals surface area (Å²) in [7, 11) is -0.339. The Morgan fingerprint density at radius 3 is 2.77 bits per heavy atom. The molecule has 0 spiro atoms. The number of ether oxygens (including phenoxy) is 1. The average Bonchev–Trinajstić information content (AvgIpc) is 3.03. The molecule has 0 radical (unpaired) electrons. The maximum Gasteiger partial charge on any atom is 0.241 e. The minimum absolute atomic E-state index is 0.197. The van der Waals surface area contributed by atoms with Crippen molar-refractivity contribution in [2.45, 2.75) is 32.0 Å². The zero-order valence-corrected chi connectivity index (χ0v) is 14.0. The molecular formula is C13H21N3O5S. The van der Waals surface area contributed by atoms with Gasteiger partial charge >= 0.3 is 0 Å². The van der Waals surface area contributed by atoms with Gasteiger partial charge in [0.1, 0.15) is 17.5 Å². The van der Waals surface area contributed by atoms with Gasteiger partial charge in [-0.05, 0) is 6.92 Å². The quantitative estimate of drug-likeness (QED) is 0.753. The average molecular weight is 331 g/mol. The maximum absolute atomic E-state index is 12.6. The Labute approximate surface area is 130 Å². The molecule has 0 aromatic carbocycles. The molecule has 9 heteroatoms. The summed E-state index contributed by atoms with van der Waals surface area (Å²) in [5.41, 5.74) is 0.626. The van der Waals surface area contributed by atoms with Crippen LogP contribution in [0.2, 0.25) is 0 Å². The van der Waals surface area contributed by atoms with Crippen LogP contribution in [0.15, 0.2) is 10.6 Å². The minimum Gasteiger partial charge on any atom is -0.380 e. The normalized spacial score (nSPS) is 22.9. The number of sulfonamides is 1. The van der Waals surface area contributed by atoms with Crippen LogP contribution in [0.3, 0.4) is 0 Å². The third-order valence-corrected chi connectivity index (χ3v) is 4.97. The molecule has 2 heterocycles. The molecule has 1 aliphatic rings. The summed E-state index contributed by atoms with van der Waals surface area (Å²) in [6.07, 6.45) is 1.18. The fraction of sp³-hybridized carbons (Fsp3) is 0.692. The van der Waals surface area contributed by atoms with E-state index < -0.39 is 16.1 Å². The minimum atomic E-state index is -3.47. The molecule has 0 saturated carbocycles. The summed E-state index contributed by atoms with van der Waals surface area (Å²) >= 11 is 0. The van der Waals surface area contributed by atoms with E-state index in [1.165, 1.54) is 16.3 Å². The highest BCUT2D eigenvalue weighted by molar-refractivity contribution is 7.88. The molecule has 0 unspecified atom stereocenters. The van der Waals surface area contributed by atoms with Gasteiger partial charge in [0, 0.05) is 33.2 Å². The van der Waals surface area contributed by atoms with Gasteiger partial charge in [0.15, 0.2) is 0 Å². The molecule has 0 N–H and O–H groups in total. The number of amides is 1. The second-order valence-corrected chi connectivity index (χ2v) is 7.50. The van der Waals surface area contributed by atoms with Crippen LogP contribution >= 0.6 is 0 Å². The van der Waals surface area contributed by atoms with E-state index in [-0.39, 0.29) is 25.1 Å². The lowest BCUT2D eigenvalue weighted by molar-refractivity contribution is -0.134. The van der Waals surface area contributed by atoms with Crippen molar-refractivity contribution >= 4 is 15.9 Å². The standard InChI is InChI=1S/C13H21N3O5S/c1-9-5-10(14-21-9)7-15(2)13(17)12-6-11(20-3)8-16(12)22(4,18)19/h5,11-12H,6-8H2,1-4H3/t11-,12+/m0/s1. The van der Waals surface area contributed by atoms with Crippen molar-refractivity contribution in [1.29, 1.82) is 0 Å². The SMILES string of the molecule is CO[C@H]1C[C@H](C(=O)N(C)Cc2cc(C)on2)N(S(C)(=O)=O)C1. The Hall–Kier alpha value is -1.45. The van der Waals surface area contributed by atoms with E-state index in [1.807, 2.05) is 0 Å². The van der Waals surface area contributed by atoms with Crippen LogP contribution in [0, 0.1) is 6.92 Å². The summed E-state index contributed by atoms with van der Waals surface area (Å²) in [6, 6.07) is 1.00. The number of methoxy groups -OCH3 is 1. The lowest BCUT2D eigenvalue weighted by atomic mass is 10.2. The summed E-state index contributed by atoms with van der Waals surface area (Å²) in [5, 5.41) is 3.84. The summed E-state index contributed by atoms with van der Waals surface area (Å²) in [6.45, 7) is 2.23. The van der Waals surface area contributed by atoms with Gasteiger partial charge in [-0.1, -0.05) is 5.16 Å². The van der Waals surface area contributed by atoms with E-state index in [0.717, 1.165) is 6.26 Å². The first-order valence-electron chi connectivity index (χ1n) is 6.89. The summed E-state index contributed by atoms with van der Waals surface area (Å²) < 4.78 is 35.1. The molecule has 1 fully saturated rings. The summed E-state index contributed by atoms with van der Waals surface area (Å²) in [5.74, 6) is 0.388. The first kappa shape index (κ1) is 16.9. The molecule has 1 saturated heterocycles. The predicted molar refractivity (Wildman–Crippen MR) is 78.5 cm³/mol. The fourth-order valence-electron chi connectivity index (χ4n) is 2.60. The van der Waals surface area contributed by atoms with Crippen molar-refractivity contribution in [3.8, 4) is 0 Å². The molecule has 22 heavy (non-hydrogen) atoms. The van der Waals surface area contributed by atoms with E-state index in [0.29, 0.717) is 17.9 Å². The van der Waals surface area contributed by atoms with Crippen molar-refractivity contribution in [2.24, 2.45) is 0 Å². The fourth-order valence-corrected chi connectivity index (χ4v) is 3.67. The van der Waals surface area contributed by atoms with E-state index in [1.54, 1.807) is 20.0 Å². The Morgan fingerprint density at radius 2 is 2.27 bits per heavy atom. The van der Waals surface area contributed by atoms with E-state index in [4.69, 9.17) is 9.26 Å². The molecule has 1 aromatic rings. The molecule has 0 bridgehead atoms. The Kier molecular flexibility index (Phi) is 4.88. The van der Waals surface area contributed by atoms with Crippen molar-refractivity contribution in [3.05, 3.63) is 17.5 Å². The number of nitrogens with zero attached hydrogens (tertiary/aromatic N) is 3. The lowest BCUT2D eigenvalue weighted by Gasteiger charge is -2.25. The molecule has 1 aromatic heterocycles. The van der Waals surface area contributed by atoms with Crippen LogP contribution in [0.1, 0.15) is 17.9 Å². The van der Waals surface area contributed by atoms with Gasteiger partial charge in [0.05, 0.1) is 18.9 Å². The first-order chi connectivity index (χ1) is 10.2. The second-order valence-electron chi connectivity index (χ2n) is 5.57. The Balaban J connectivity index is 2.12. The number of aryl methyl sites for hydroxylation is 1. The van der Waals surface area contributed by atoms with E-state index in [9.17, 15) is 13.2 Å². The highest BCUT2D eigenvalue weighted by Crippen LogP contribution is 2.24. The highest BCUT2D eigenvalue weighted by atomic mass is 32.2. The zero-order valence-electron chi connectivity index (χ0n) is 13.1. The van der Waals surface area contributed by atoms with E-state index >= 15 is 0 Å². The van der Waals surface area contributed by atoms with Gasteiger partial charge in [-0.25, -0.2) is 8.42 Å². The van der Waals surface area contributed by atoms with Gasteiger partial charge in [-0.2, -0.15) is 4.31 Å². The molecule has 2 rings (SSSR count). The molecule has 124 valence electrons. The monoisotopic (exact) mass is 331 g/mol. The van der Waals surface area contributed by atoms with Gasteiger partial charge < -0.3 is 14.2 Å². The van der Waals surface area contributed by atoms with Crippen molar-refractivity contribution in [2.75, 3.05) is 27.0 Å². The van der Waals surface area contributed by atoms with Crippen LogP contribution in [-0.4, -0.2) is 67.8 Å². The number of aromatic nitrogens is 1. The van der Waals surface area contributed by atoms with Crippen LogP contribution in [0.25, 0.3) is 0 Å². The van der Waals surface area contributed by atoms with Crippen molar-refractivity contribution < 1.29 is 22.5 Å². The largest absolute Gasteiger partial charge is 0.380 e. The maximum atomic E-state index is 12.6. The number of hydrogen-bond acceptors (Lipinski definition) is 6. The second kappa shape index (κ2) is 6.35. The zero-order chi connectivity index (χ0) is 16.5. The number of likely N-dealkylation sites (N-methyl/N-ethyl adjacent to an activating group) is 1. The van der Waals surface area contributed by atoms with Gasteiger partial charge in [0.2, 0.25) is 15.9 Å². The summed E-state index contributed by atoms with van der Waals surface area (Å²) in [4.78, 5) is 14.0. The van der Waals surface area contributed by atoms with Gasteiger partial charge in [-0.3, -0.25) is 4.79 Å². The number of rotatable bonds is 5. The molecule has 1 aliphatic heterocycles. The smallest absolute Gasteiger partial charge is 0.241 e. The molecule has 8 nitrogen and oxygen atoms in total. The molecule has 0 aliphatic carbocycles. The number of hydrogen-bond donors (Lipinski definition) is 0. The third-order valence-electron chi connectivity index (χ3n) is 3.71. The van der Waals surface area contributed by atoms with Crippen LogP contribution in [0.4, 0.5) is 0 Å². The Bertz CT molecular complexity index is 642. The third kappa shape index (κ3) is 3.65. The molecule has 2 atom stereocenters. The molecule has 1 amide bonds. The van der Waals surface area contributed by atoms with Crippen LogP contribution < -0.4 is 0 Å². The predicted octanol–water partition coefficient (Wildman–Crippen LogP) is -0.00968. The highest BCUT2D eigenvalue weighted by Gasteiger charge is 2.42. The van der Waals surface area contributed by atoms with Gasteiger partial charge in [0.25, 0.3) is 0 Å². The van der Waals surface area contributed by atoms with E-state index in [2.05, 4.69) is 5.16 Å². The number of carbonyl (C=O) groups is 1.